The minimum absolute atomic E-state index is 0.0419. The van der Waals surface area contributed by atoms with Crippen molar-refractivity contribution in [3.8, 4) is 17.1 Å². The summed E-state index contributed by atoms with van der Waals surface area (Å²) in [7, 11) is 2.07. The molecule has 3 aromatic heterocycles. The van der Waals surface area contributed by atoms with Crippen LogP contribution in [0.1, 0.15) is 28.3 Å². The number of hydrogen-bond acceptors (Lipinski definition) is 6. The standard InChI is InChI=1S/C27H29FN6O2/c1-33-10-12-34(13-11-33)27(35)25-17-20-15-19(3-4-22(20)31-25)16-26-30-9-6-23(32-26)24-18-21(5-8-29-24)36-14-2-7-28/h3-6,8-9,15,17-18,31H,2,7,10-14,16H2,1H3. The van der Waals surface area contributed by atoms with Crippen molar-refractivity contribution in [1.82, 2.24) is 29.7 Å². The maximum absolute atomic E-state index is 12.9. The predicted octanol–water partition coefficient (Wildman–Crippen LogP) is 3.74. The van der Waals surface area contributed by atoms with Crippen molar-refractivity contribution >= 4 is 16.8 Å². The van der Waals surface area contributed by atoms with Crippen LogP contribution in [0.5, 0.6) is 5.75 Å². The number of piperazine rings is 1. The normalized spacial score (nSPS) is 14.3. The Bertz CT molecular complexity index is 1350. The fourth-order valence-electron chi connectivity index (χ4n) is 4.28. The Kier molecular flexibility index (Phi) is 7.18. The van der Waals surface area contributed by atoms with Crippen LogP contribution >= 0.6 is 0 Å². The monoisotopic (exact) mass is 488 g/mol. The summed E-state index contributed by atoms with van der Waals surface area (Å²) in [6.07, 6.45) is 4.27. The van der Waals surface area contributed by atoms with Gasteiger partial charge in [0, 0.05) is 68.4 Å². The van der Waals surface area contributed by atoms with Gasteiger partial charge in [0.1, 0.15) is 17.3 Å². The molecule has 1 aliphatic heterocycles. The number of nitrogens with one attached hydrogen (secondary N) is 1. The van der Waals surface area contributed by atoms with E-state index in [0.717, 1.165) is 42.6 Å². The number of aromatic amines is 1. The average molecular weight is 489 g/mol. The third-order valence-corrected chi connectivity index (χ3v) is 6.31. The van der Waals surface area contributed by atoms with E-state index in [-0.39, 0.29) is 5.91 Å². The van der Waals surface area contributed by atoms with Gasteiger partial charge >= 0.3 is 0 Å². The number of rotatable bonds is 8. The molecule has 186 valence electrons. The fraction of sp³-hybridized carbons (Fsp3) is 0.333. The fourth-order valence-corrected chi connectivity index (χ4v) is 4.28. The van der Waals surface area contributed by atoms with Crippen LogP contribution in [-0.2, 0) is 6.42 Å². The predicted molar refractivity (Wildman–Crippen MR) is 136 cm³/mol. The molecule has 0 unspecified atom stereocenters. The van der Waals surface area contributed by atoms with Gasteiger partial charge in [0.05, 0.1) is 24.7 Å². The summed E-state index contributed by atoms with van der Waals surface area (Å²) in [4.78, 5) is 33.9. The van der Waals surface area contributed by atoms with E-state index < -0.39 is 6.67 Å². The molecule has 0 radical (unpaired) electrons. The Morgan fingerprint density at radius 1 is 1.03 bits per heavy atom. The number of fused-ring (bicyclic) bond motifs is 1. The van der Waals surface area contributed by atoms with Crippen LogP contribution in [0.2, 0.25) is 0 Å². The summed E-state index contributed by atoms with van der Waals surface area (Å²) in [5.74, 6) is 1.34. The molecule has 1 amide bonds. The van der Waals surface area contributed by atoms with Crippen LogP contribution in [0.15, 0.2) is 54.9 Å². The highest BCUT2D eigenvalue weighted by molar-refractivity contribution is 5.98. The molecule has 8 nitrogen and oxygen atoms in total. The molecular weight excluding hydrogens is 459 g/mol. The van der Waals surface area contributed by atoms with Crippen molar-refractivity contribution in [2.75, 3.05) is 46.5 Å². The number of benzene rings is 1. The van der Waals surface area contributed by atoms with Gasteiger partial charge in [-0.25, -0.2) is 9.97 Å². The molecule has 0 spiro atoms. The summed E-state index contributed by atoms with van der Waals surface area (Å²) in [6.45, 7) is 3.17. The summed E-state index contributed by atoms with van der Waals surface area (Å²) in [5.41, 5.74) is 3.96. The first-order chi connectivity index (χ1) is 17.6. The number of pyridine rings is 1. The molecule has 0 atom stereocenters. The SMILES string of the molecule is CN1CCN(C(=O)c2cc3cc(Cc4nccc(-c5cc(OCCCF)ccn5)n4)ccc3[nH]2)CC1. The first-order valence-electron chi connectivity index (χ1n) is 12.2. The first kappa shape index (κ1) is 23.9. The Balaban J connectivity index is 1.30. The van der Waals surface area contributed by atoms with Gasteiger partial charge in [-0.3, -0.25) is 14.2 Å². The van der Waals surface area contributed by atoms with E-state index in [1.807, 2.05) is 29.2 Å². The van der Waals surface area contributed by atoms with Gasteiger partial charge < -0.3 is 19.5 Å². The smallest absolute Gasteiger partial charge is 0.270 e. The summed E-state index contributed by atoms with van der Waals surface area (Å²) >= 11 is 0. The molecule has 4 aromatic rings. The van der Waals surface area contributed by atoms with Gasteiger partial charge in [0.2, 0.25) is 0 Å². The molecule has 0 saturated carbocycles. The van der Waals surface area contributed by atoms with Crippen LogP contribution in [-0.4, -0.2) is 82.2 Å². The van der Waals surface area contributed by atoms with Gasteiger partial charge in [0.15, 0.2) is 0 Å². The third-order valence-electron chi connectivity index (χ3n) is 6.31. The molecule has 9 heteroatoms. The molecule has 36 heavy (non-hydrogen) atoms. The maximum Gasteiger partial charge on any atom is 0.270 e. The van der Waals surface area contributed by atoms with E-state index in [4.69, 9.17) is 9.72 Å². The molecule has 1 fully saturated rings. The van der Waals surface area contributed by atoms with Crippen LogP contribution in [0.3, 0.4) is 0 Å². The second kappa shape index (κ2) is 10.8. The van der Waals surface area contributed by atoms with E-state index in [1.165, 1.54) is 0 Å². The Labute approximate surface area is 209 Å². The molecule has 1 aromatic carbocycles. The van der Waals surface area contributed by atoms with Crippen molar-refractivity contribution in [3.05, 3.63) is 71.9 Å². The molecule has 1 aliphatic rings. The molecule has 0 aliphatic carbocycles. The lowest BCUT2D eigenvalue weighted by atomic mass is 10.1. The van der Waals surface area contributed by atoms with Crippen molar-refractivity contribution < 1.29 is 13.9 Å². The summed E-state index contributed by atoms with van der Waals surface area (Å²) in [5, 5.41) is 0.987. The highest BCUT2D eigenvalue weighted by atomic mass is 19.1. The number of aromatic nitrogens is 4. The van der Waals surface area contributed by atoms with Crippen molar-refractivity contribution in [2.45, 2.75) is 12.8 Å². The summed E-state index contributed by atoms with van der Waals surface area (Å²) < 4.78 is 17.9. The van der Waals surface area contributed by atoms with Crippen molar-refractivity contribution in [3.63, 3.8) is 0 Å². The van der Waals surface area contributed by atoms with Gasteiger partial charge in [-0.05, 0) is 42.9 Å². The zero-order chi connectivity index (χ0) is 24.9. The zero-order valence-corrected chi connectivity index (χ0v) is 20.3. The lowest BCUT2D eigenvalue weighted by Crippen LogP contribution is -2.47. The van der Waals surface area contributed by atoms with Crippen molar-refractivity contribution in [2.24, 2.45) is 0 Å². The lowest BCUT2D eigenvalue weighted by Gasteiger charge is -2.32. The first-order valence-corrected chi connectivity index (χ1v) is 12.2. The van der Waals surface area contributed by atoms with Crippen LogP contribution in [0.25, 0.3) is 22.3 Å². The largest absolute Gasteiger partial charge is 0.493 e. The number of nitrogens with zero attached hydrogens (tertiary/aromatic N) is 5. The second-order valence-electron chi connectivity index (χ2n) is 9.00. The van der Waals surface area contributed by atoms with Crippen molar-refractivity contribution in [1.29, 1.82) is 0 Å². The molecule has 0 bridgehead atoms. The number of H-pyrrole nitrogens is 1. The Hall–Kier alpha value is -3.85. The Morgan fingerprint density at radius 3 is 2.69 bits per heavy atom. The number of likely N-dealkylation sites (N-methyl/N-ethyl adjacent to an activating group) is 1. The Morgan fingerprint density at radius 2 is 1.86 bits per heavy atom. The number of halogens is 1. The van der Waals surface area contributed by atoms with Gasteiger partial charge in [0.25, 0.3) is 5.91 Å². The van der Waals surface area contributed by atoms with E-state index in [1.54, 1.807) is 24.5 Å². The van der Waals surface area contributed by atoms with Crippen LogP contribution < -0.4 is 4.74 Å². The quantitative estimate of drug-likeness (QED) is 0.380. The van der Waals surface area contributed by atoms with Gasteiger partial charge in [-0.1, -0.05) is 6.07 Å². The number of hydrogen-bond donors (Lipinski definition) is 1. The van der Waals surface area contributed by atoms with E-state index in [2.05, 4.69) is 33.0 Å². The van der Waals surface area contributed by atoms with E-state index in [0.29, 0.717) is 48.1 Å². The third kappa shape index (κ3) is 5.52. The summed E-state index contributed by atoms with van der Waals surface area (Å²) in [6, 6.07) is 13.4. The molecule has 4 heterocycles. The van der Waals surface area contributed by atoms with Crippen LogP contribution in [0.4, 0.5) is 4.39 Å². The topological polar surface area (TPSA) is 87.2 Å². The number of carbonyl (C=O) groups is 1. The number of carbonyl (C=O) groups excluding carboxylic acids is 1. The minimum Gasteiger partial charge on any atom is -0.493 e. The minimum atomic E-state index is -0.407. The van der Waals surface area contributed by atoms with E-state index >= 15 is 0 Å². The average Bonchev–Trinajstić information content (AvgIpc) is 3.33. The molecular formula is C27H29FN6O2. The number of ether oxygens (including phenoxy) is 1. The maximum atomic E-state index is 12.9. The van der Waals surface area contributed by atoms with Gasteiger partial charge in [-0.2, -0.15) is 0 Å². The van der Waals surface area contributed by atoms with E-state index in [9.17, 15) is 9.18 Å². The molecule has 1 N–H and O–H groups in total. The highest BCUT2D eigenvalue weighted by Crippen LogP contribution is 2.22. The number of alkyl halides is 1. The van der Waals surface area contributed by atoms with Crippen LogP contribution in [0, 0.1) is 0 Å². The lowest BCUT2D eigenvalue weighted by molar-refractivity contribution is 0.0659. The molecule has 1 saturated heterocycles. The number of amides is 1. The highest BCUT2D eigenvalue weighted by Gasteiger charge is 2.21. The van der Waals surface area contributed by atoms with Gasteiger partial charge in [-0.15, -0.1) is 0 Å². The second-order valence-corrected chi connectivity index (χ2v) is 9.00. The zero-order valence-electron chi connectivity index (χ0n) is 20.3. The molecule has 5 rings (SSSR count).